The summed E-state index contributed by atoms with van der Waals surface area (Å²) in [6, 6.07) is -0.380. The van der Waals surface area contributed by atoms with E-state index in [2.05, 4.69) is 9.97 Å². The quantitative estimate of drug-likeness (QED) is 0.850. The molecule has 1 aromatic rings. The van der Waals surface area contributed by atoms with Gasteiger partial charge in [-0.15, -0.1) is 0 Å². The van der Waals surface area contributed by atoms with Crippen LogP contribution in [-0.4, -0.2) is 43.0 Å². The Morgan fingerprint density at radius 3 is 2.56 bits per heavy atom. The third-order valence-corrected chi connectivity index (χ3v) is 3.49. The molecule has 100 valence electrons. The number of hydrogen-bond donors (Lipinski definition) is 1. The van der Waals surface area contributed by atoms with Gasteiger partial charge in [0.2, 0.25) is 5.88 Å². The van der Waals surface area contributed by atoms with E-state index in [1.807, 2.05) is 0 Å². The Kier molecular flexibility index (Phi) is 4.11. The summed E-state index contributed by atoms with van der Waals surface area (Å²) < 4.78 is 16.2. The van der Waals surface area contributed by atoms with Crippen LogP contribution in [0.25, 0.3) is 0 Å². The highest BCUT2D eigenvalue weighted by molar-refractivity contribution is 5.24. The fourth-order valence-corrected chi connectivity index (χ4v) is 2.31. The third-order valence-electron chi connectivity index (χ3n) is 3.49. The first-order chi connectivity index (χ1) is 8.73. The van der Waals surface area contributed by atoms with Crippen molar-refractivity contribution >= 4 is 0 Å². The van der Waals surface area contributed by atoms with Gasteiger partial charge in [0, 0.05) is 45.6 Å². The summed E-state index contributed by atoms with van der Waals surface area (Å²) in [5, 5.41) is 0. The summed E-state index contributed by atoms with van der Waals surface area (Å²) in [7, 11) is 3.23. The van der Waals surface area contributed by atoms with Crippen LogP contribution in [0.2, 0.25) is 0 Å². The molecule has 6 heteroatoms. The van der Waals surface area contributed by atoms with Gasteiger partial charge in [0.15, 0.2) is 0 Å². The minimum atomic E-state index is -0.457. The summed E-state index contributed by atoms with van der Waals surface area (Å²) in [4.78, 5) is 8.41. The topological polar surface area (TPSA) is 79.5 Å². The van der Waals surface area contributed by atoms with Gasteiger partial charge in [-0.3, -0.25) is 4.98 Å². The highest BCUT2D eigenvalue weighted by Gasteiger charge is 2.41. The highest BCUT2D eigenvalue weighted by Crippen LogP contribution is 2.37. The molecule has 1 atom stereocenters. The summed E-state index contributed by atoms with van der Waals surface area (Å²) >= 11 is 0. The van der Waals surface area contributed by atoms with Gasteiger partial charge in [0.1, 0.15) is 5.69 Å². The van der Waals surface area contributed by atoms with Crippen LogP contribution in [0.15, 0.2) is 12.4 Å². The van der Waals surface area contributed by atoms with Gasteiger partial charge < -0.3 is 19.9 Å². The maximum absolute atomic E-state index is 6.33. The molecule has 1 aliphatic heterocycles. The standard InChI is InChI=1S/C12H19N3O3/c1-16-11-9(14-5-6-15-11)10(13)12(17-2)3-7-18-8-4-12/h5-6,10H,3-4,7-8,13H2,1-2H3. The zero-order valence-electron chi connectivity index (χ0n) is 10.8. The fraction of sp³-hybridized carbons (Fsp3) is 0.667. The number of methoxy groups -OCH3 is 2. The minimum Gasteiger partial charge on any atom is -0.480 e. The molecule has 1 saturated heterocycles. The van der Waals surface area contributed by atoms with Gasteiger partial charge in [0.05, 0.1) is 18.8 Å². The van der Waals surface area contributed by atoms with Crippen LogP contribution in [0.1, 0.15) is 24.6 Å². The Hall–Kier alpha value is -1.24. The van der Waals surface area contributed by atoms with E-state index >= 15 is 0 Å². The molecule has 0 aromatic carbocycles. The number of nitrogens with zero attached hydrogens (tertiary/aromatic N) is 2. The molecule has 1 fully saturated rings. The van der Waals surface area contributed by atoms with Gasteiger partial charge in [-0.25, -0.2) is 4.98 Å². The predicted octanol–water partition coefficient (Wildman–Crippen LogP) is 0.681. The summed E-state index contributed by atoms with van der Waals surface area (Å²) in [6.45, 7) is 1.29. The van der Waals surface area contributed by atoms with Crippen LogP contribution in [0.3, 0.4) is 0 Å². The van der Waals surface area contributed by atoms with Gasteiger partial charge in [-0.1, -0.05) is 0 Å². The lowest BCUT2D eigenvalue weighted by molar-refractivity contribution is -0.106. The van der Waals surface area contributed by atoms with E-state index in [0.717, 1.165) is 12.8 Å². The smallest absolute Gasteiger partial charge is 0.237 e. The molecule has 0 aliphatic carbocycles. The van der Waals surface area contributed by atoms with Crippen molar-refractivity contribution in [3.63, 3.8) is 0 Å². The molecule has 0 saturated carbocycles. The lowest BCUT2D eigenvalue weighted by Gasteiger charge is -2.40. The van der Waals surface area contributed by atoms with Gasteiger partial charge >= 0.3 is 0 Å². The average molecular weight is 253 g/mol. The molecule has 2 rings (SSSR count). The van der Waals surface area contributed by atoms with Crippen molar-refractivity contribution < 1.29 is 14.2 Å². The molecule has 6 nitrogen and oxygen atoms in total. The second-order valence-corrected chi connectivity index (χ2v) is 4.31. The molecule has 2 N–H and O–H groups in total. The van der Waals surface area contributed by atoms with Gasteiger partial charge in [-0.05, 0) is 0 Å². The maximum atomic E-state index is 6.33. The second-order valence-electron chi connectivity index (χ2n) is 4.31. The molecule has 0 bridgehead atoms. The normalized spacial score (nSPS) is 20.4. The van der Waals surface area contributed by atoms with Crippen molar-refractivity contribution in [1.82, 2.24) is 9.97 Å². The van der Waals surface area contributed by atoms with Gasteiger partial charge in [-0.2, -0.15) is 0 Å². The zero-order chi connectivity index (χ0) is 13.0. The first-order valence-corrected chi connectivity index (χ1v) is 5.97. The van der Waals surface area contributed by atoms with Crippen molar-refractivity contribution in [2.75, 3.05) is 27.4 Å². The molecule has 1 aliphatic rings. The summed E-state index contributed by atoms with van der Waals surface area (Å²) in [5.41, 5.74) is 6.50. The number of nitrogens with two attached hydrogens (primary N) is 1. The molecular formula is C12H19N3O3. The molecule has 1 aromatic heterocycles. The van der Waals surface area contributed by atoms with Crippen LogP contribution >= 0.6 is 0 Å². The second kappa shape index (κ2) is 5.60. The largest absolute Gasteiger partial charge is 0.480 e. The van der Waals surface area contributed by atoms with Crippen LogP contribution in [0.5, 0.6) is 5.88 Å². The average Bonchev–Trinajstić information content (AvgIpc) is 2.47. The van der Waals surface area contributed by atoms with E-state index in [-0.39, 0.29) is 6.04 Å². The molecule has 0 spiro atoms. The molecule has 0 radical (unpaired) electrons. The highest BCUT2D eigenvalue weighted by atomic mass is 16.5. The summed E-state index contributed by atoms with van der Waals surface area (Å²) in [5.74, 6) is 0.452. The molecule has 2 heterocycles. The molecule has 1 unspecified atom stereocenters. The van der Waals surface area contributed by atoms with Crippen molar-refractivity contribution in [1.29, 1.82) is 0 Å². The van der Waals surface area contributed by atoms with E-state index < -0.39 is 5.60 Å². The molecule has 0 amide bonds. The third kappa shape index (κ3) is 2.31. The molecule has 18 heavy (non-hydrogen) atoms. The van der Waals surface area contributed by atoms with Crippen LogP contribution in [-0.2, 0) is 9.47 Å². The van der Waals surface area contributed by atoms with Crippen LogP contribution < -0.4 is 10.5 Å². The Balaban J connectivity index is 2.30. The Morgan fingerprint density at radius 1 is 1.28 bits per heavy atom. The first kappa shape index (κ1) is 13.2. The van der Waals surface area contributed by atoms with Crippen molar-refractivity contribution in [3.05, 3.63) is 18.1 Å². The Labute approximate surface area is 106 Å². The number of hydrogen-bond acceptors (Lipinski definition) is 6. The lowest BCUT2D eigenvalue weighted by atomic mass is 9.84. The van der Waals surface area contributed by atoms with Crippen molar-refractivity contribution in [3.8, 4) is 5.88 Å². The zero-order valence-corrected chi connectivity index (χ0v) is 10.8. The number of aromatic nitrogens is 2. The number of ether oxygens (including phenoxy) is 3. The van der Waals surface area contributed by atoms with Crippen molar-refractivity contribution in [2.45, 2.75) is 24.5 Å². The van der Waals surface area contributed by atoms with E-state index in [0.29, 0.717) is 24.8 Å². The molecular weight excluding hydrogens is 234 g/mol. The lowest BCUT2D eigenvalue weighted by Crippen LogP contribution is -2.47. The first-order valence-electron chi connectivity index (χ1n) is 5.97. The van der Waals surface area contributed by atoms with E-state index in [1.54, 1.807) is 26.6 Å². The summed E-state index contributed by atoms with van der Waals surface area (Å²) in [6.07, 6.45) is 4.67. The van der Waals surface area contributed by atoms with E-state index in [1.165, 1.54) is 0 Å². The van der Waals surface area contributed by atoms with E-state index in [9.17, 15) is 0 Å². The van der Waals surface area contributed by atoms with Gasteiger partial charge in [0.25, 0.3) is 0 Å². The Bertz CT molecular complexity index is 394. The monoisotopic (exact) mass is 253 g/mol. The van der Waals surface area contributed by atoms with Crippen LogP contribution in [0, 0.1) is 0 Å². The van der Waals surface area contributed by atoms with Crippen molar-refractivity contribution in [2.24, 2.45) is 5.73 Å². The SMILES string of the molecule is COc1nccnc1C(N)C1(OC)CCOCC1. The maximum Gasteiger partial charge on any atom is 0.237 e. The predicted molar refractivity (Wildman–Crippen MR) is 65.3 cm³/mol. The minimum absolute atomic E-state index is 0.380. The number of rotatable bonds is 4. The fourth-order valence-electron chi connectivity index (χ4n) is 2.31. The Morgan fingerprint density at radius 2 is 1.94 bits per heavy atom. The van der Waals surface area contributed by atoms with Crippen LogP contribution in [0.4, 0.5) is 0 Å². The van der Waals surface area contributed by atoms with E-state index in [4.69, 9.17) is 19.9 Å².